The third kappa shape index (κ3) is 2.99. The third-order valence-electron chi connectivity index (χ3n) is 2.54. The van der Waals surface area contributed by atoms with E-state index in [-0.39, 0.29) is 12.2 Å². The van der Waals surface area contributed by atoms with Gasteiger partial charge in [0.2, 0.25) is 11.6 Å². The van der Waals surface area contributed by atoms with Gasteiger partial charge in [-0.15, -0.1) is 0 Å². The summed E-state index contributed by atoms with van der Waals surface area (Å²) in [6.07, 6.45) is -4.61. The van der Waals surface area contributed by atoms with Crippen molar-refractivity contribution in [1.29, 1.82) is 0 Å². The lowest BCUT2D eigenvalue weighted by molar-refractivity contribution is -0.137. The summed E-state index contributed by atoms with van der Waals surface area (Å²) in [6, 6.07) is 4.60. The highest BCUT2D eigenvalue weighted by Crippen LogP contribution is 2.38. The average Bonchev–Trinajstić information content (AvgIpc) is 2.82. The molecule has 5 nitrogen and oxygen atoms in total. The highest BCUT2D eigenvalue weighted by Gasteiger charge is 2.35. The van der Waals surface area contributed by atoms with E-state index in [2.05, 4.69) is 4.98 Å². The van der Waals surface area contributed by atoms with Gasteiger partial charge < -0.3 is 14.3 Å². The van der Waals surface area contributed by atoms with Gasteiger partial charge in [0.05, 0.1) is 12.2 Å². The number of benzene rings is 1. The number of carbonyl (C=O) groups is 1. The number of carboxylic acid groups (broad SMARTS) is 1. The molecule has 0 saturated heterocycles. The fraction of sp³-hybridized carbons (Fsp3) is 0.231. The molecule has 2 rings (SSSR count). The predicted molar refractivity (Wildman–Crippen MR) is 65.1 cm³/mol. The lowest BCUT2D eigenvalue weighted by Crippen LogP contribution is -2.07. The number of nitrogens with zero attached hydrogens (tertiary/aromatic N) is 1. The summed E-state index contributed by atoms with van der Waals surface area (Å²) in [4.78, 5) is 14.6. The second kappa shape index (κ2) is 5.47. The molecular formula is C13H10F3NO4. The lowest BCUT2D eigenvalue weighted by Gasteiger charge is -2.09. The molecule has 0 radical (unpaired) electrons. The van der Waals surface area contributed by atoms with Crippen LogP contribution >= 0.6 is 0 Å². The highest BCUT2D eigenvalue weighted by molar-refractivity contribution is 5.88. The van der Waals surface area contributed by atoms with Crippen LogP contribution in [0.5, 0.6) is 5.95 Å². The minimum atomic E-state index is -4.61. The Labute approximate surface area is 117 Å². The zero-order chi connectivity index (χ0) is 15.6. The lowest BCUT2D eigenvalue weighted by atomic mass is 10.1. The summed E-state index contributed by atoms with van der Waals surface area (Å²) in [5, 5.41) is 8.96. The first-order chi connectivity index (χ1) is 9.84. The van der Waals surface area contributed by atoms with Crippen molar-refractivity contribution in [2.45, 2.75) is 13.1 Å². The second-order valence-corrected chi connectivity index (χ2v) is 3.94. The van der Waals surface area contributed by atoms with E-state index in [0.717, 1.165) is 12.1 Å². The van der Waals surface area contributed by atoms with Gasteiger partial charge in [0.1, 0.15) is 0 Å². The molecule has 21 heavy (non-hydrogen) atoms. The fourth-order valence-electron chi connectivity index (χ4n) is 1.70. The number of alkyl halides is 3. The Morgan fingerprint density at radius 2 is 2.05 bits per heavy atom. The molecule has 1 heterocycles. The molecule has 1 N–H and O–H groups in total. The number of rotatable bonds is 4. The first-order valence-electron chi connectivity index (χ1n) is 5.88. The summed E-state index contributed by atoms with van der Waals surface area (Å²) in [6.45, 7) is 1.67. The van der Waals surface area contributed by atoms with Crippen LogP contribution in [0.3, 0.4) is 0 Å². The minimum absolute atomic E-state index is 0.0931. The Kier molecular flexibility index (Phi) is 3.88. The molecule has 0 aliphatic heterocycles. The topological polar surface area (TPSA) is 72.6 Å². The standard InChI is InChI=1S/C13H10F3NO4/c1-2-20-12-9(11(18)19)17-10(21-12)7-5-3-4-6-8(7)13(14,15)16/h3-6H,2H2,1H3,(H,18,19). The molecule has 1 aromatic carbocycles. The first kappa shape index (κ1) is 14.9. The summed E-state index contributed by atoms with van der Waals surface area (Å²) in [5.41, 5.74) is -1.88. The molecule has 0 unspecified atom stereocenters. The van der Waals surface area contributed by atoms with Crippen molar-refractivity contribution >= 4 is 5.97 Å². The maximum absolute atomic E-state index is 12.9. The Hall–Kier alpha value is -2.51. The number of carboxylic acids is 1. The van der Waals surface area contributed by atoms with Gasteiger partial charge in [-0.05, 0) is 19.1 Å². The van der Waals surface area contributed by atoms with Crippen molar-refractivity contribution < 1.29 is 32.2 Å². The Bertz CT molecular complexity index is 664. The SMILES string of the molecule is CCOc1oc(-c2ccccc2C(F)(F)F)nc1C(=O)O. The highest BCUT2D eigenvalue weighted by atomic mass is 19.4. The van der Waals surface area contributed by atoms with E-state index in [4.69, 9.17) is 14.3 Å². The number of halogens is 3. The van der Waals surface area contributed by atoms with Crippen molar-refractivity contribution in [3.05, 3.63) is 35.5 Å². The van der Waals surface area contributed by atoms with Crippen LogP contribution < -0.4 is 4.74 Å². The number of hydrogen-bond acceptors (Lipinski definition) is 4. The summed E-state index contributed by atoms with van der Waals surface area (Å²) in [5.74, 6) is -2.32. The van der Waals surface area contributed by atoms with Gasteiger partial charge in [-0.2, -0.15) is 18.2 Å². The average molecular weight is 301 g/mol. The van der Waals surface area contributed by atoms with Crippen molar-refractivity contribution in [2.24, 2.45) is 0 Å². The molecule has 2 aromatic rings. The van der Waals surface area contributed by atoms with E-state index < -0.39 is 35.2 Å². The Morgan fingerprint density at radius 3 is 2.62 bits per heavy atom. The zero-order valence-corrected chi connectivity index (χ0v) is 10.8. The zero-order valence-electron chi connectivity index (χ0n) is 10.8. The van der Waals surface area contributed by atoms with Gasteiger partial charge >= 0.3 is 18.1 Å². The molecule has 0 fully saturated rings. The summed E-state index contributed by atoms with van der Waals surface area (Å²) < 4.78 is 48.8. The van der Waals surface area contributed by atoms with Crippen LogP contribution in [-0.4, -0.2) is 22.7 Å². The van der Waals surface area contributed by atoms with E-state index in [1.165, 1.54) is 12.1 Å². The minimum Gasteiger partial charge on any atom is -0.476 e. The maximum Gasteiger partial charge on any atom is 0.417 e. The maximum atomic E-state index is 12.9. The summed E-state index contributed by atoms with van der Waals surface area (Å²) in [7, 11) is 0. The van der Waals surface area contributed by atoms with Crippen LogP contribution in [0.2, 0.25) is 0 Å². The second-order valence-electron chi connectivity index (χ2n) is 3.94. The van der Waals surface area contributed by atoms with E-state index in [1.54, 1.807) is 6.92 Å². The van der Waals surface area contributed by atoms with Gasteiger partial charge in [-0.3, -0.25) is 0 Å². The van der Waals surface area contributed by atoms with E-state index in [9.17, 15) is 18.0 Å². The van der Waals surface area contributed by atoms with Crippen molar-refractivity contribution in [3.8, 4) is 17.4 Å². The predicted octanol–water partition coefficient (Wildman–Crippen LogP) is 3.46. The van der Waals surface area contributed by atoms with Gasteiger partial charge in [-0.1, -0.05) is 12.1 Å². The molecule has 0 aliphatic rings. The van der Waals surface area contributed by atoms with Gasteiger partial charge in [0, 0.05) is 5.56 Å². The van der Waals surface area contributed by atoms with Gasteiger partial charge in [0.15, 0.2) is 0 Å². The monoisotopic (exact) mass is 301 g/mol. The van der Waals surface area contributed by atoms with Crippen molar-refractivity contribution in [1.82, 2.24) is 4.98 Å². The normalized spacial score (nSPS) is 11.4. The molecular weight excluding hydrogens is 291 g/mol. The number of aromatic carboxylic acids is 1. The molecule has 8 heteroatoms. The van der Waals surface area contributed by atoms with Crippen LogP contribution in [0.4, 0.5) is 13.2 Å². The largest absolute Gasteiger partial charge is 0.476 e. The van der Waals surface area contributed by atoms with E-state index >= 15 is 0 Å². The number of hydrogen-bond donors (Lipinski definition) is 1. The van der Waals surface area contributed by atoms with Crippen molar-refractivity contribution in [3.63, 3.8) is 0 Å². The van der Waals surface area contributed by atoms with E-state index in [0.29, 0.717) is 0 Å². The van der Waals surface area contributed by atoms with E-state index in [1.807, 2.05) is 0 Å². The van der Waals surface area contributed by atoms with Gasteiger partial charge in [0.25, 0.3) is 0 Å². The quantitative estimate of drug-likeness (QED) is 0.936. The van der Waals surface area contributed by atoms with Crippen molar-refractivity contribution in [2.75, 3.05) is 6.61 Å². The Balaban J connectivity index is 2.58. The van der Waals surface area contributed by atoms with Crippen LogP contribution in [0.15, 0.2) is 28.7 Å². The molecule has 0 atom stereocenters. The third-order valence-corrected chi connectivity index (χ3v) is 2.54. The number of ether oxygens (including phenoxy) is 1. The number of aromatic nitrogens is 1. The van der Waals surface area contributed by atoms with Crippen LogP contribution in [0, 0.1) is 0 Å². The van der Waals surface area contributed by atoms with Crippen LogP contribution in [0.25, 0.3) is 11.5 Å². The van der Waals surface area contributed by atoms with Crippen LogP contribution in [0.1, 0.15) is 23.0 Å². The molecule has 0 amide bonds. The first-order valence-corrected chi connectivity index (χ1v) is 5.88. The van der Waals surface area contributed by atoms with Gasteiger partial charge in [-0.25, -0.2) is 4.79 Å². The molecule has 1 aromatic heterocycles. The molecule has 0 aliphatic carbocycles. The molecule has 0 saturated carbocycles. The molecule has 112 valence electrons. The molecule has 0 spiro atoms. The Morgan fingerprint density at radius 1 is 1.38 bits per heavy atom. The number of oxazole rings is 1. The summed E-state index contributed by atoms with van der Waals surface area (Å²) >= 11 is 0. The smallest absolute Gasteiger partial charge is 0.417 e. The molecule has 0 bridgehead atoms. The van der Waals surface area contributed by atoms with Crippen LogP contribution in [-0.2, 0) is 6.18 Å². The fourth-order valence-corrected chi connectivity index (χ4v) is 1.70.